The zero-order valence-electron chi connectivity index (χ0n) is 16.0. The molecule has 29 heavy (non-hydrogen) atoms. The van der Waals surface area contributed by atoms with Gasteiger partial charge >= 0.3 is 5.97 Å². The molecule has 1 N–H and O–H groups in total. The van der Waals surface area contributed by atoms with Crippen molar-refractivity contribution in [3.05, 3.63) is 12.2 Å². The Kier molecular flexibility index (Phi) is 6.09. The van der Waals surface area contributed by atoms with Crippen LogP contribution in [0.25, 0.3) is 0 Å². The van der Waals surface area contributed by atoms with E-state index in [2.05, 4.69) is 5.32 Å². The maximum atomic E-state index is 12.5. The van der Waals surface area contributed by atoms with Crippen LogP contribution >= 0.6 is 0 Å². The van der Waals surface area contributed by atoms with Gasteiger partial charge in [-0.15, -0.1) is 5.06 Å². The van der Waals surface area contributed by atoms with Crippen LogP contribution in [-0.4, -0.2) is 58.6 Å². The molecule has 10 nitrogen and oxygen atoms in total. The molecule has 0 unspecified atom stereocenters. The summed E-state index contributed by atoms with van der Waals surface area (Å²) < 4.78 is 0. The molecule has 0 aromatic rings. The second-order valence-corrected chi connectivity index (χ2v) is 7.37. The third-order valence-electron chi connectivity index (χ3n) is 5.46. The molecule has 0 bridgehead atoms. The molecular weight excluding hydrogens is 382 g/mol. The number of amides is 5. The van der Waals surface area contributed by atoms with Crippen molar-refractivity contribution in [2.24, 2.45) is 5.41 Å². The molecule has 0 spiro atoms. The third kappa shape index (κ3) is 4.20. The highest BCUT2D eigenvalue weighted by atomic mass is 16.7. The molecule has 156 valence electrons. The zero-order valence-corrected chi connectivity index (χ0v) is 16.0. The van der Waals surface area contributed by atoms with E-state index < -0.39 is 29.1 Å². The molecule has 2 fully saturated rings. The molecule has 0 atom stereocenters. The van der Waals surface area contributed by atoms with Crippen molar-refractivity contribution >= 4 is 35.5 Å². The Labute approximate surface area is 167 Å². The first-order chi connectivity index (χ1) is 13.8. The van der Waals surface area contributed by atoms with Crippen LogP contribution in [0.4, 0.5) is 0 Å². The van der Waals surface area contributed by atoms with Crippen molar-refractivity contribution in [3.63, 3.8) is 0 Å². The number of nitrogens with zero attached hydrogens (tertiary/aromatic N) is 2. The van der Waals surface area contributed by atoms with E-state index in [1.165, 1.54) is 17.1 Å². The number of unbranched alkanes of at least 4 members (excludes halogenated alkanes) is 2. The third-order valence-corrected chi connectivity index (χ3v) is 5.46. The number of nitrogens with one attached hydrogen (secondary N) is 1. The lowest BCUT2D eigenvalue weighted by molar-refractivity contribution is -0.209. The van der Waals surface area contributed by atoms with E-state index >= 15 is 0 Å². The largest absolute Gasteiger partial charge is 0.355 e. The lowest BCUT2D eigenvalue weighted by Gasteiger charge is -2.37. The average Bonchev–Trinajstić information content (AvgIpc) is 3.13. The van der Waals surface area contributed by atoms with Crippen LogP contribution in [0.5, 0.6) is 0 Å². The smallest absolute Gasteiger partial charge is 0.348 e. The fourth-order valence-electron chi connectivity index (χ4n) is 3.48. The molecule has 5 amide bonds. The molecule has 1 aliphatic carbocycles. The summed E-state index contributed by atoms with van der Waals surface area (Å²) in [5, 5.41) is 3.18. The van der Waals surface area contributed by atoms with Crippen LogP contribution in [0.1, 0.15) is 51.4 Å². The number of hydrogen-bond acceptors (Lipinski definition) is 7. The minimum Gasteiger partial charge on any atom is -0.355 e. The molecule has 2 aliphatic heterocycles. The van der Waals surface area contributed by atoms with Gasteiger partial charge in [0.25, 0.3) is 23.6 Å². The normalized spacial score (nSPS) is 20.3. The molecule has 10 heteroatoms. The van der Waals surface area contributed by atoms with Gasteiger partial charge in [0.05, 0.1) is 0 Å². The summed E-state index contributed by atoms with van der Waals surface area (Å²) in [5.41, 5.74) is -1.36. The van der Waals surface area contributed by atoms with Gasteiger partial charge in [-0.2, -0.15) is 0 Å². The summed E-state index contributed by atoms with van der Waals surface area (Å²) in [6, 6.07) is 0. The fourth-order valence-corrected chi connectivity index (χ4v) is 3.48. The lowest BCUT2D eigenvalue weighted by atomic mass is 9.68. The van der Waals surface area contributed by atoms with E-state index in [0.29, 0.717) is 56.7 Å². The van der Waals surface area contributed by atoms with Gasteiger partial charge in [-0.05, 0) is 32.1 Å². The molecule has 3 rings (SSSR count). The van der Waals surface area contributed by atoms with E-state index in [1.807, 2.05) is 0 Å². The van der Waals surface area contributed by atoms with E-state index in [-0.39, 0.29) is 24.7 Å². The number of hydrogen-bond donors (Lipinski definition) is 1. The maximum absolute atomic E-state index is 12.5. The Bertz CT molecular complexity index is 751. The quantitative estimate of drug-likeness (QED) is 0.324. The zero-order chi connectivity index (χ0) is 21.0. The topological polar surface area (TPSA) is 130 Å². The lowest BCUT2D eigenvalue weighted by Crippen LogP contribution is -2.53. The van der Waals surface area contributed by atoms with Crippen LogP contribution in [-0.2, 0) is 33.6 Å². The predicted molar refractivity (Wildman–Crippen MR) is 96.2 cm³/mol. The monoisotopic (exact) mass is 405 g/mol. The van der Waals surface area contributed by atoms with Crippen molar-refractivity contribution in [1.29, 1.82) is 0 Å². The summed E-state index contributed by atoms with van der Waals surface area (Å²) in [7, 11) is 0. The highest BCUT2D eigenvalue weighted by molar-refractivity contribution is 6.12. The summed E-state index contributed by atoms with van der Waals surface area (Å²) in [4.78, 5) is 77.2. The molecule has 0 aromatic heterocycles. The summed E-state index contributed by atoms with van der Waals surface area (Å²) >= 11 is 0. The Balaban J connectivity index is 1.40. The molecule has 2 heterocycles. The fraction of sp³-hybridized carbons (Fsp3) is 0.579. The first kappa shape index (κ1) is 20.7. The number of imide groups is 2. The van der Waals surface area contributed by atoms with E-state index in [1.54, 1.807) is 0 Å². The van der Waals surface area contributed by atoms with Crippen LogP contribution in [0.15, 0.2) is 12.2 Å². The molecule has 0 radical (unpaired) electrons. The van der Waals surface area contributed by atoms with Gasteiger partial charge in [0, 0.05) is 38.1 Å². The summed E-state index contributed by atoms with van der Waals surface area (Å²) in [6.45, 7) is 0.655. The second-order valence-electron chi connectivity index (χ2n) is 7.37. The van der Waals surface area contributed by atoms with Gasteiger partial charge in [-0.25, -0.2) is 4.79 Å². The second kappa shape index (κ2) is 8.54. The highest BCUT2D eigenvalue weighted by Gasteiger charge is 2.54. The van der Waals surface area contributed by atoms with Gasteiger partial charge in [-0.1, -0.05) is 6.42 Å². The minimum absolute atomic E-state index is 0.00397. The van der Waals surface area contributed by atoms with Crippen LogP contribution < -0.4 is 5.32 Å². The van der Waals surface area contributed by atoms with Gasteiger partial charge in [0.15, 0.2) is 0 Å². The Morgan fingerprint density at radius 3 is 2.14 bits per heavy atom. The molecule has 0 aromatic carbocycles. The SMILES string of the molecule is O=C1C=CC(=O)N1CCCCCNC(=O)C1(C(=O)ON2C(=O)CCC2=O)CCC1. The van der Waals surface area contributed by atoms with Gasteiger partial charge < -0.3 is 10.2 Å². The van der Waals surface area contributed by atoms with Crippen molar-refractivity contribution < 1.29 is 33.6 Å². The maximum Gasteiger partial charge on any atom is 0.348 e. The Morgan fingerprint density at radius 1 is 0.966 bits per heavy atom. The Hall–Kier alpha value is -3.04. The predicted octanol–water partition coefficient (Wildman–Crippen LogP) is -0.0246. The number of hydroxylamine groups is 2. The van der Waals surface area contributed by atoms with Gasteiger partial charge in [-0.3, -0.25) is 28.9 Å². The van der Waals surface area contributed by atoms with E-state index in [4.69, 9.17) is 4.84 Å². The average molecular weight is 405 g/mol. The Morgan fingerprint density at radius 2 is 1.59 bits per heavy atom. The first-order valence-corrected chi connectivity index (χ1v) is 9.75. The van der Waals surface area contributed by atoms with Crippen molar-refractivity contribution in [1.82, 2.24) is 15.3 Å². The van der Waals surface area contributed by atoms with Gasteiger partial charge in [0.1, 0.15) is 5.41 Å². The highest BCUT2D eigenvalue weighted by Crippen LogP contribution is 2.42. The van der Waals surface area contributed by atoms with Gasteiger partial charge in [0.2, 0.25) is 5.91 Å². The summed E-state index contributed by atoms with van der Waals surface area (Å²) in [6.07, 6.45) is 5.67. The van der Waals surface area contributed by atoms with Crippen molar-refractivity contribution in [2.45, 2.75) is 51.4 Å². The van der Waals surface area contributed by atoms with E-state index in [9.17, 15) is 28.8 Å². The van der Waals surface area contributed by atoms with Crippen molar-refractivity contribution in [3.8, 4) is 0 Å². The van der Waals surface area contributed by atoms with Crippen LogP contribution in [0, 0.1) is 5.41 Å². The summed E-state index contributed by atoms with van der Waals surface area (Å²) in [5.74, 6) is -3.13. The van der Waals surface area contributed by atoms with Crippen LogP contribution in [0.2, 0.25) is 0 Å². The molecule has 1 saturated heterocycles. The first-order valence-electron chi connectivity index (χ1n) is 9.75. The van der Waals surface area contributed by atoms with Crippen LogP contribution in [0.3, 0.4) is 0 Å². The molecule has 1 saturated carbocycles. The number of carbonyl (C=O) groups excluding carboxylic acids is 6. The minimum atomic E-state index is -1.36. The van der Waals surface area contributed by atoms with E-state index in [0.717, 1.165) is 0 Å². The number of rotatable bonds is 9. The molecular formula is C19H23N3O7. The molecule has 3 aliphatic rings. The van der Waals surface area contributed by atoms with Crippen molar-refractivity contribution in [2.75, 3.05) is 13.1 Å². The number of carbonyl (C=O) groups is 6. The standard InChI is InChI=1S/C19H23N3O7/c23-13-5-6-14(24)21(13)12-3-1-2-11-20-17(27)19(9-4-10-19)18(28)29-22-15(25)7-8-16(22)26/h5-6H,1-4,7-12H2,(H,20,27).